The average molecular weight is 158 g/mol. The van der Waals surface area contributed by atoms with Crippen molar-refractivity contribution in [3.63, 3.8) is 0 Å². The second-order valence-corrected chi connectivity index (χ2v) is 2.54. The van der Waals surface area contributed by atoms with Crippen molar-refractivity contribution in [2.24, 2.45) is 0 Å². The Hall–Kier alpha value is -0.970. The Morgan fingerprint density at radius 1 is 1.80 bits per heavy atom. The molecule has 1 N–H and O–H groups in total. The minimum atomic E-state index is -0.995. The van der Waals surface area contributed by atoms with Gasteiger partial charge in [0.2, 0.25) is 0 Å². The molecular weight excluding hydrogens is 152 g/mol. The molecule has 1 aromatic heterocycles. The van der Waals surface area contributed by atoms with E-state index >= 15 is 0 Å². The number of nitrogens with zero attached hydrogens (tertiary/aromatic N) is 2. The molecule has 0 bridgehead atoms. The van der Waals surface area contributed by atoms with Crippen LogP contribution in [-0.2, 0) is 6.42 Å². The molecule has 5 heteroatoms. The molecule has 0 spiro atoms. The van der Waals surface area contributed by atoms with Crippen molar-refractivity contribution in [3.05, 3.63) is 10.6 Å². The minimum absolute atomic E-state index is 0.0903. The molecule has 1 aromatic rings. The predicted octanol–water partition coefficient (Wildman–Crippen LogP) is 0.799. The van der Waals surface area contributed by atoms with Gasteiger partial charge in [0, 0.05) is 0 Å². The van der Waals surface area contributed by atoms with Gasteiger partial charge in [0.25, 0.3) is 0 Å². The van der Waals surface area contributed by atoms with Crippen molar-refractivity contribution in [3.8, 4) is 0 Å². The zero-order valence-electron chi connectivity index (χ0n) is 5.37. The first-order valence-electron chi connectivity index (χ1n) is 2.80. The van der Waals surface area contributed by atoms with Crippen molar-refractivity contribution < 1.29 is 9.90 Å². The van der Waals surface area contributed by atoms with E-state index in [1.807, 2.05) is 6.92 Å². The van der Waals surface area contributed by atoms with Crippen LogP contribution in [0.15, 0.2) is 0 Å². The molecule has 4 nitrogen and oxygen atoms in total. The summed E-state index contributed by atoms with van der Waals surface area (Å²) in [5, 5.41) is 11.9. The summed E-state index contributed by atoms with van der Waals surface area (Å²) < 4.78 is 3.53. The van der Waals surface area contributed by atoms with Crippen LogP contribution in [0, 0.1) is 0 Å². The number of hydrogen-bond acceptors (Lipinski definition) is 4. The molecule has 10 heavy (non-hydrogen) atoms. The first-order valence-corrected chi connectivity index (χ1v) is 3.57. The first-order chi connectivity index (χ1) is 4.75. The van der Waals surface area contributed by atoms with Crippen molar-refractivity contribution in [1.29, 1.82) is 0 Å². The van der Waals surface area contributed by atoms with Crippen LogP contribution in [0.2, 0.25) is 0 Å². The molecule has 0 saturated heterocycles. The maximum atomic E-state index is 10.3. The summed E-state index contributed by atoms with van der Waals surface area (Å²) in [7, 11) is 0. The number of carbonyl (C=O) groups is 1. The van der Waals surface area contributed by atoms with Crippen LogP contribution in [0.1, 0.15) is 22.3 Å². The highest BCUT2D eigenvalue weighted by molar-refractivity contribution is 7.05. The summed E-state index contributed by atoms with van der Waals surface area (Å²) in [6.45, 7) is 1.88. The van der Waals surface area contributed by atoms with Gasteiger partial charge in [-0.3, -0.25) is 0 Å². The van der Waals surface area contributed by atoms with Gasteiger partial charge in [0.05, 0.1) is 4.88 Å². The Bertz CT molecular complexity index is 246. The largest absolute Gasteiger partial charge is 0.476 e. The zero-order valence-corrected chi connectivity index (χ0v) is 6.18. The van der Waals surface area contributed by atoms with E-state index in [9.17, 15) is 4.79 Å². The quantitative estimate of drug-likeness (QED) is 0.691. The first kappa shape index (κ1) is 7.14. The number of carboxylic acid groups (broad SMARTS) is 1. The second kappa shape index (κ2) is 2.74. The standard InChI is InChI=1S/C5H6N2O2S/c1-2-3-4(5(8)9)6-7-10-3/h2H2,1H3,(H,8,9). The molecule has 0 fully saturated rings. The lowest BCUT2D eigenvalue weighted by molar-refractivity contribution is 0.0689. The molecule has 0 amide bonds. The summed E-state index contributed by atoms with van der Waals surface area (Å²) in [6, 6.07) is 0. The van der Waals surface area contributed by atoms with E-state index in [1.54, 1.807) is 0 Å². The molecule has 0 unspecified atom stereocenters. The average Bonchev–Trinajstić information content (AvgIpc) is 2.33. The van der Waals surface area contributed by atoms with Crippen molar-refractivity contribution in [1.82, 2.24) is 9.59 Å². The van der Waals surface area contributed by atoms with Gasteiger partial charge in [-0.2, -0.15) is 0 Å². The van der Waals surface area contributed by atoms with Crippen LogP contribution in [0.5, 0.6) is 0 Å². The van der Waals surface area contributed by atoms with Gasteiger partial charge in [0.15, 0.2) is 5.69 Å². The van der Waals surface area contributed by atoms with E-state index in [0.717, 1.165) is 16.4 Å². The van der Waals surface area contributed by atoms with Crippen LogP contribution in [0.4, 0.5) is 0 Å². The normalized spacial score (nSPS) is 9.70. The molecule has 1 heterocycles. The van der Waals surface area contributed by atoms with Crippen LogP contribution in [0.25, 0.3) is 0 Å². The molecule has 0 saturated carbocycles. The lowest BCUT2D eigenvalue weighted by atomic mass is 10.3. The van der Waals surface area contributed by atoms with Crippen LogP contribution in [-0.4, -0.2) is 20.7 Å². The van der Waals surface area contributed by atoms with Crippen molar-refractivity contribution in [2.45, 2.75) is 13.3 Å². The van der Waals surface area contributed by atoms with Gasteiger partial charge < -0.3 is 5.11 Å². The molecule has 0 aliphatic rings. The van der Waals surface area contributed by atoms with E-state index in [2.05, 4.69) is 9.59 Å². The topological polar surface area (TPSA) is 63.1 Å². The third kappa shape index (κ3) is 1.13. The molecule has 0 aliphatic carbocycles. The SMILES string of the molecule is CCc1snnc1C(=O)O. The number of aromatic carboxylic acids is 1. The fourth-order valence-corrected chi connectivity index (χ4v) is 1.17. The zero-order chi connectivity index (χ0) is 7.56. The lowest BCUT2D eigenvalue weighted by Crippen LogP contribution is -1.99. The highest BCUT2D eigenvalue weighted by Crippen LogP contribution is 2.09. The Balaban J connectivity index is 3.01. The fraction of sp³-hybridized carbons (Fsp3) is 0.400. The molecule has 54 valence electrons. The summed E-state index contributed by atoms with van der Waals surface area (Å²) in [5.41, 5.74) is 0.0903. The summed E-state index contributed by atoms with van der Waals surface area (Å²) in [4.78, 5) is 11.1. The Kier molecular flexibility index (Phi) is 1.96. The van der Waals surface area contributed by atoms with E-state index in [-0.39, 0.29) is 5.69 Å². The Labute approximate surface area is 61.7 Å². The Morgan fingerprint density at radius 3 is 2.90 bits per heavy atom. The van der Waals surface area contributed by atoms with Gasteiger partial charge in [-0.25, -0.2) is 4.79 Å². The number of aryl methyl sites for hydroxylation is 1. The van der Waals surface area contributed by atoms with Gasteiger partial charge in [0.1, 0.15) is 0 Å². The van der Waals surface area contributed by atoms with E-state index in [0.29, 0.717) is 6.42 Å². The second-order valence-electron chi connectivity index (χ2n) is 1.70. The smallest absolute Gasteiger partial charge is 0.357 e. The highest BCUT2D eigenvalue weighted by Gasteiger charge is 2.12. The maximum Gasteiger partial charge on any atom is 0.357 e. The Morgan fingerprint density at radius 2 is 2.50 bits per heavy atom. The number of aromatic nitrogens is 2. The summed E-state index contributed by atoms with van der Waals surface area (Å²) in [5.74, 6) is -0.995. The van der Waals surface area contributed by atoms with Crippen LogP contribution in [0.3, 0.4) is 0 Å². The number of rotatable bonds is 2. The number of carboxylic acids is 1. The van der Waals surface area contributed by atoms with Gasteiger partial charge >= 0.3 is 5.97 Å². The van der Waals surface area contributed by atoms with E-state index in [4.69, 9.17) is 5.11 Å². The highest BCUT2D eigenvalue weighted by atomic mass is 32.1. The van der Waals surface area contributed by atoms with Crippen LogP contribution >= 0.6 is 11.5 Å². The molecule has 0 aromatic carbocycles. The van der Waals surface area contributed by atoms with Gasteiger partial charge in [-0.1, -0.05) is 11.4 Å². The van der Waals surface area contributed by atoms with Crippen molar-refractivity contribution in [2.75, 3.05) is 0 Å². The predicted molar refractivity (Wildman–Crippen MR) is 36.2 cm³/mol. The van der Waals surface area contributed by atoms with E-state index < -0.39 is 5.97 Å². The summed E-state index contributed by atoms with van der Waals surface area (Å²) >= 11 is 1.14. The fourth-order valence-electron chi connectivity index (χ4n) is 0.604. The summed E-state index contributed by atoms with van der Waals surface area (Å²) in [6.07, 6.45) is 0.680. The van der Waals surface area contributed by atoms with Crippen LogP contribution < -0.4 is 0 Å². The maximum absolute atomic E-state index is 10.3. The van der Waals surface area contributed by atoms with Gasteiger partial charge in [-0.05, 0) is 18.0 Å². The molecule has 0 radical (unpaired) electrons. The minimum Gasteiger partial charge on any atom is -0.476 e. The monoisotopic (exact) mass is 158 g/mol. The molecule has 0 atom stereocenters. The van der Waals surface area contributed by atoms with Crippen molar-refractivity contribution >= 4 is 17.5 Å². The van der Waals surface area contributed by atoms with E-state index in [1.165, 1.54) is 0 Å². The molecule has 1 rings (SSSR count). The third-order valence-corrected chi connectivity index (χ3v) is 1.95. The molecule has 0 aliphatic heterocycles. The van der Waals surface area contributed by atoms with Gasteiger partial charge in [-0.15, -0.1) is 5.10 Å². The third-order valence-electron chi connectivity index (χ3n) is 1.08. The molecular formula is C5H6N2O2S. The number of hydrogen-bond donors (Lipinski definition) is 1. The lowest BCUT2D eigenvalue weighted by Gasteiger charge is -1.87.